The Labute approximate surface area is 122 Å². The normalized spacial score (nSPS) is 12.5. The Morgan fingerprint density at radius 2 is 2.10 bits per heavy atom. The van der Waals surface area contributed by atoms with Crippen LogP contribution in [-0.2, 0) is 4.79 Å². The monoisotopic (exact) mass is 282 g/mol. The number of rotatable bonds is 4. The van der Waals surface area contributed by atoms with Crippen LogP contribution in [0.4, 0.5) is 0 Å². The number of thiophene rings is 1. The summed E-state index contributed by atoms with van der Waals surface area (Å²) in [5.74, 6) is -0.352. The van der Waals surface area contributed by atoms with Crippen LogP contribution in [0.1, 0.15) is 24.1 Å². The second-order valence-corrected chi connectivity index (χ2v) is 5.11. The van der Waals surface area contributed by atoms with Crippen LogP contribution in [0.3, 0.4) is 0 Å². The summed E-state index contributed by atoms with van der Waals surface area (Å²) >= 11 is 1.53. The van der Waals surface area contributed by atoms with Crippen LogP contribution in [0, 0.1) is 11.3 Å². The molecule has 0 radical (unpaired) electrons. The summed E-state index contributed by atoms with van der Waals surface area (Å²) < 4.78 is 0. The molecule has 3 nitrogen and oxygen atoms in total. The Balaban J connectivity index is 2.09. The highest BCUT2D eigenvalue weighted by atomic mass is 32.1. The van der Waals surface area contributed by atoms with Crippen molar-refractivity contribution < 1.29 is 4.79 Å². The van der Waals surface area contributed by atoms with Crippen molar-refractivity contribution in [3.8, 4) is 6.07 Å². The Morgan fingerprint density at radius 3 is 2.70 bits per heavy atom. The topological polar surface area (TPSA) is 52.9 Å². The van der Waals surface area contributed by atoms with E-state index in [1.54, 1.807) is 6.08 Å². The first kappa shape index (κ1) is 14.0. The summed E-state index contributed by atoms with van der Waals surface area (Å²) in [6, 6.07) is 13.3. The predicted octanol–water partition coefficient (Wildman–Crippen LogP) is 3.53. The van der Waals surface area contributed by atoms with Crippen molar-refractivity contribution in [3.05, 3.63) is 63.9 Å². The third-order valence-electron chi connectivity index (χ3n) is 2.87. The fourth-order valence-electron chi connectivity index (χ4n) is 1.77. The third-order valence-corrected chi connectivity index (χ3v) is 3.57. The van der Waals surface area contributed by atoms with Gasteiger partial charge < -0.3 is 5.32 Å². The first-order valence-corrected chi connectivity index (χ1v) is 7.15. The molecule has 0 saturated heterocycles. The standard InChI is InChI=1S/C16H14N2OS/c1-12(14-5-3-2-4-6-14)18-16(19)15(10-17)9-13-7-8-20-11-13/h2-9,11-12H,1H3,(H,18,19)/t12-/m0/s1. The van der Waals surface area contributed by atoms with Crippen molar-refractivity contribution in [2.45, 2.75) is 13.0 Å². The number of nitriles is 1. The molecular formula is C16H14N2OS. The number of hydrogen-bond acceptors (Lipinski definition) is 3. The van der Waals surface area contributed by atoms with E-state index in [1.165, 1.54) is 11.3 Å². The molecule has 1 aromatic carbocycles. The Hall–Kier alpha value is -2.38. The molecule has 0 saturated carbocycles. The van der Waals surface area contributed by atoms with Crippen LogP contribution in [0.2, 0.25) is 0 Å². The number of carbonyl (C=O) groups excluding carboxylic acids is 1. The van der Waals surface area contributed by atoms with Crippen LogP contribution in [0.15, 0.2) is 52.7 Å². The zero-order valence-corrected chi connectivity index (χ0v) is 11.9. The molecule has 100 valence electrons. The van der Waals surface area contributed by atoms with Crippen molar-refractivity contribution in [2.75, 3.05) is 0 Å². The molecule has 0 aliphatic rings. The minimum absolute atomic E-state index is 0.117. The Bertz CT molecular complexity index is 639. The average Bonchev–Trinajstić information content (AvgIpc) is 2.98. The lowest BCUT2D eigenvalue weighted by Crippen LogP contribution is -2.27. The van der Waals surface area contributed by atoms with Gasteiger partial charge >= 0.3 is 0 Å². The molecule has 0 spiro atoms. The summed E-state index contributed by atoms with van der Waals surface area (Å²) in [7, 11) is 0. The molecule has 1 aromatic heterocycles. The highest BCUT2D eigenvalue weighted by Crippen LogP contribution is 2.14. The second-order valence-electron chi connectivity index (χ2n) is 4.33. The molecule has 2 aromatic rings. The lowest BCUT2D eigenvalue weighted by Gasteiger charge is -2.13. The SMILES string of the molecule is C[C@H](NC(=O)C(C#N)=Cc1ccsc1)c1ccccc1. The van der Waals surface area contributed by atoms with E-state index in [4.69, 9.17) is 5.26 Å². The van der Waals surface area contributed by atoms with E-state index < -0.39 is 0 Å². The van der Waals surface area contributed by atoms with Crippen molar-refractivity contribution in [2.24, 2.45) is 0 Å². The number of nitrogens with zero attached hydrogens (tertiary/aromatic N) is 1. The van der Waals surface area contributed by atoms with Crippen molar-refractivity contribution in [3.63, 3.8) is 0 Å². The van der Waals surface area contributed by atoms with Crippen LogP contribution in [0.5, 0.6) is 0 Å². The molecule has 0 unspecified atom stereocenters. The van der Waals surface area contributed by atoms with Gasteiger partial charge in [0.2, 0.25) is 0 Å². The maximum Gasteiger partial charge on any atom is 0.262 e. The molecule has 4 heteroatoms. The highest BCUT2D eigenvalue weighted by molar-refractivity contribution is 7.08. The van der Waals surface area contributed by atoms with Crippen LogP contribution in [-0.4, -0.2) is 5.91 Å². The minimum atomic E-state index is -0.352. The molecule has 0 fully saturated rings. The van der Waals surface area contributed by atoms with Gasteiger partial charge in [0.05, 0.1) is 6.04 Å². The summed E-state index contributed by atoms with van der Waals surface area (Å²) in [6.07, 6.45) is 1.60. The number of hydrogen-bond donors (Lipinski definition) is 1. The van der Waals surface area contributed by atoms with Gasteiger partial charge in [0, 0.05) is 0 Å². The molecular weight excluding hydrogens is 268 g/mol. The summed E-state index contributed by atoms with van der Waals surface area (Å²) in [5, 5.41) is 15.7. The van der Waals surface area contributed by atoms with E-state index >= 15 is 0 Å². The smallest absolute Gasteiger partial charge is 0.262 e. The van der Waals surface area contributed by atoms with Crippen molar-refractivity contribution in [1.82, 2.24) is 5.32 Å². The number of amides is 1. The molecule has 0 aliphatic carbocycles. The van der Waals surface area contributed by atoms with E-state index in [9.17, 15) is 4.79 Å². The molecule has 1 heterocycles. The molecule has 0 bridgehead atoms. The van der Waals surface area contributed by atoms with Gasteiger partial charge in [-0.2, -0.15) is 16.6 Å². The van der Waals surface area contributed by atoms with E-state index in [2.05, 4.69) is 5.32 Å². The summed E-state index contributed by atoms with van der Waals surface area (Å²) in [4.78, 5) is 12.1. The minimum Gasteiger partial charge on any atom is -0.345 e. The van der Waals surface area contributed by atoms with Crippen molar-refractivity contribution >= 4 is 23.3 Å². The predicted molar refractivity (Wildman–Crippen MR) is 80.9 cm³/mol. The quantitative estimate of drug-likeness (QED) is 0.689. The number of benzene rings is 1. The maximum absolute atomic E-state index is 12.1. The van der Waals surface area contributed by atoms with Crippen LogP contribution < -0.4 is 5.32 Å². The molecule has 0 aliphatic heterocycles. The van der Waals surface area contributed by atoms with Crippen LogP contribution in [0.25, 0.3) is 6.08 Å². The molecule has 1 N–H and O–H groups in total. The molecule has 2 rings (SSSR count). The largest absolute Gasteiger partial charge is 0.345 e. The van der Waals surface area contributed by atoms with E-state index in [0.717, 1.165) is 11.1 Å². The fourth-order valence-corrected chi connectivity index (χ4v) is 2.39. The lowest BCUT2D eigenvalue weighted by atomic mass is 10.1. The van der Waals surface area contributed by atoms with Gasteiger partial charge in [0.15, 0.2) is 0 Å². The van der Waals surface area contributed by atoms with Gasteiger partial charge in [0.1, 0.15) is 11.6 Å². The van der Waals surface area contributed by atoms with Gasteiger partial charge in [-0.05, 0) is 41.0 Å². The van der Waals surface area contributed by atoms with Crippen molar-refractivity contribution in [1.29, 1.82) is 5.26 Å². The Morgan fingerprint density at radius 1 is 1.35 bits per heavy atom. The van der Waals surface area contributed by atoms with E-state index in [1.807, 2.05) is 60.2 Å². The molecule has 1 atom stereocenters. The van der Waals surface area contributed by atoms with E-state index in [-0.39, 0.29) is 17.5 Å². The molecule has 20 heavy (non-hydrogen) atoms. The number of carbonyl (C=O) groups is 1. The fraction of sp³-hybridized carbons (Fsp3) is 0.125. The highest BCUT2D eigenvalue weighted by Gasteiger charge is 2.13. The molecule has 1 amide bonds. The zero-order valence-electron chi connectivity index (χ0n) is 11.0. The summed E-state index contributed by atoms with van der Waals surface area (Å²) in [5.41, 5.74) is 1.99. The van der Waals surface area contributed by atoms with Gasteiger partial charge in [0.25, 0.3) is 5.91 Å². The summed E-state index contributed by atoms with van der Waals surface area (Å²) in [6.45, 7) is 1.90. The third kappa shape index (κ3) is 3.56. The van der Waals surface area contributed by atoms with Crippen LogP contribution >= 0.6 is 11.3 Å². The first-order chi connectivity index (χ1) is 9.70. The first-order valence-electron chi connectivity index (χ1n) is 6.20. The zero-order chi connectivity index (χ0) is 14.4. The van der Waals surface area contributed by atoms with E-state index in [0.29, 0.717) is 0 Å². The maximum atomic E-state index is 12.1. The van der Waals surface area contributed by atoms with Gasteiger partial charge in [-0.1, -0.05) is 30.3 Å². The van der Waals surface area contributed by atoms with Gasteiger partial charge in [-0.3, -0.25) is 4.79 Å². The van der Waals surface area contributed by atoms with Gasteiger partial charge in [-0.15, -0.1) is 0 Å². The number of nitrogens with one attached hydrogen (secondary N) is 1. The second kappa shape index (κ2) is 6.69. The average molecular weight is 282 g/mol. The lowest BCUT2D eigenvalue weighted by molar-refractivity contribution is -0.117. The Kier molecular flexibility index (Phi) is 4.70. The van der Waals surface area contributed by atoms with Gasteiger partial charge in [-0.25, -0.2) is 0 Å².